The van der Waals surface area contributed by atoms with Crippen LogP contribution in [0.5, 0.6) is 11.6 Å². The van der Waals surface area contributed by atoms with Gasteiger partial charge in [0.2, 0.25) is 5.88 Å². The van der Waals surface area contributed by atoms with Gasteiger partial charge < -0.3 is 14.4 Å². The van der Waals surface area contributed by atoms with Gasteiger partial charge in [0.1, 0.15) is 5.75 Å². The van der Waals surface area contributed by atoms with E-state index in [1.807, 2.05) is 80.6 Å². The Morgan fingerprint density at radius 3 is 2.59 bits per heavy atom. The summed E-state index contributed by atoms with van der Waals surface area (Å²) in [5, 5.41) is 5.26. The first-order chi connectivity index (χ1) is 18.0. The maximum atomic E-state index is 13.8. The monoisotopic (exact) mass is 515 g/mol. The molecule has 0 radical (unpaired) electrons. The summed E-state index contributed by atoms with van der Waals surface area (Å²) < 4.78 is 14.2. The molecule has 4 aromatic rings. The molecule has 7 heteroatoms. The zero-order valence-electron chi connectivity index (χ0n) is 21.1. The molecule has 3 aromatic carbocycles. The first-order valence-electron chi connectivity index (χ1n) is 12.5. The summed E-state index contributed by atoms with van der Waals surface area (Å²) >= 11 is 6.43. The Morgan fingerprint density at radius 2 is 1.86 bits per heavy atom. The number of hydrogen-bond donors (Lipinski definition) is 0. The molecule has 37 heavy (non-hydrogen) atoms. The minimum Gasteiger partial charge on any atom is -0.439 e. The topological polar surface area (TPSA) is 56.6 Å². The third kappa shape index (κ3) is 5.71. The molecular weight excluding hydrogens is 486 g/mol. The van der Waals surface area contributed by atoms with Gasteiger partial charge in [0.15, 0.2) is 0 Å². The fourth-order valence-corrected chi connectivity index (χ4v) is 4.83. The Hall–Kier alpha value is -3.61. The lowest BCUT2D eigenvalue weighted by Gasteiger charge is -2.26. The van der Waals surface area contributed by atoms with Crippen LogP contribution >= 0.6 is 11.6 Å². The summed E-state index contributed by atoms with van der Waals surface area (Å²) in [4.78, 5) is 15.6. The van der Waals surface area contributed by atoms with E-state index in [2.05, 4.69) is 0 Å². The van der Waals surface area contributed by atoms with E-state index in [0.717, 1.165) is 35.3 Å². The molecule has 6 nitrogen and oxygen atoms in total. The molecule has 1 aliphatic heterocycles. The molecule has 190 valence electrons. The van der Waals surface area contributed by atoms with Crippen molar-refractivity contribution in [2.75, 3.05) is 13.2 Å². The number of ether oxygens (including phenoxy) is 2. The van der Waals surface area contributed by atoms with Crippen LogP contribution in [0.3, 0.4) is 0 Å². The molecule has 1 saturated heterocycles. The third-order valence-corrected chi connectivity index (χ3v) is 6.86. The quantitative estimate of drug-likeness (QED) is 0.260. The Bertz CT molecular complexity index is 1380. The van der Waals surface area contributed by atoms with Crippen LogP contribution in [0.4, 0.5) is 0 Å². The van der Waals surface area contributed by atoms with Gasteiger partial charge in [-0.2, -0.15) is 5.10 Å². The highest BCUT2D eigenvalue weighted by molar-refractivity contribution is 6.33. The van der Waals surface area contributed by atoms with Gasteiger partial charge in [-0.15, -0.1) is 0 Å². The average molecular weight is 516 g/mol. The largest absolute Gasteiger partial charge is 0.439 e. The van der Waals surface area contributed by atoms with Crippen molar-refractivity contribution in [2.24, 2.45) is 0 Å². The van der Waals surface area contributed by atoms with E-state index < -0.39 is 0 Å². The molecule has 1 aliphatic rings. The zero-order valence-corrected chi connectivity index (χ0v) is 21.8. The predicted octanol–water partition coefficient (Wildman–Crippen LogP) is 6.76. The number of aromatic nitrogens is 2. The van der Waals surface area contributed by atoms with Crippen LogP contribution in [0, 0.1) is 13.8 Å². The first kappa shape index (κ1) is 25.1. The summed E-state index contributed by atoms with van der Waals surface area (Å²) in [5.41, 5.74) is 4.06. The highest BCUT2D eigenvalue weighted by Crippen LogP contribution is 2.33. The Labute approximate surface area is 222 Å². The van der Waals surface area contributed by atoms with Crippen molar-refractivity contribution >= 4 is 17.5 Å². The lowest BCUT2D eigenvalue weighted by atomic mass is 10.1. The van der Waals surface area contributed by atoms with Crippen molar-refractivity contribution in [3.63, 3.8) is 0 Å². The van der Waals surface area contributed by atoms with Gasteiger partial charge in [-0.3, -0.25) is 4.79 Å². The Morgan fingerprint density at radius 1 is 1.08 bits per heavy atom. The SMILES string of the molecule is Cc1cccc(Oc2c(CN(C[C@H]3CCCO3)C(=O)c3ccccc3Cl)c(C)nn2-c2ccccc2)c1. The standard InChI is InChI=1S/C30H30ClN3O3/c1-21-10-8-13-24(18-21)37-30-27(22(2)32-34(30)23-11-4-3-5-12-23)20-33(19-25-14-9-17-36-25)29(35)26-15-6-7-16-28(26)31/h3-8,10-13,15-16,18,25H,9,14,17,19-20H2,1-2H3/t25-/m1/s1. The van der Waals surface area contributed by atoms with Crippen LogP contribution in [0.15, 0.2) is 78.9 Å². The Balaban J connectivity index is 1.56. The fraction of sp³-hybridized carbons (Fsp3) is 0.267. The van der Waals surface area contributed by atoms with Gasteiger partial charge in [0.25, 0.3) is 5.91 Å². The van der Waals surface area contributed by atoms with Crippen LogP contribution in [0.1, 0.15) is 40.0 Å². The summed E-state index contributed by atoms with van der Waals surface area (Å²) in [6.45, 7) is 5.46. The van der Waals surface area contributed by atoms with Crippen molar-refractivity contribution < 1.29 is 14.3 Å². The van der Waals surface area contributed by atoms with E-state index in [1.165, 1.54) is 0 Å². The lowest BCUT2D eigenvalue weighted by molar-refractivity contribution is 0.0505. The normalized spacial score (nSPS) is 15.1. The second-order valence-electron chi connectivity index (χ2n) is 9.34. The number of para-hydroxylation sites is 1. The smallest absolute Gasteiger partial charge is 0.255 e. The number of carbonyl (C=O) groups is 1. The van der Waals surface area contributed by atoms with Crippen LogP contribution in [-0.2, 0) is 11.3 Å². The van der Waals surface area contributed by atoms with E-state index in [-0.39, 0.29) is 12.0 Å². The average Bonchev–Trinajstić information content (AvgIpc) is 3.52. The zero-order chi connectivity index (χ0) is 25.8. The van der Waals surface area contributed by atoms with E-state index in [9.17, 15) is 4.79 Å². The molecule has 5 rings (SSSR count). The fourth-order valence-electron chi connectivity index (χ4n) is 4.61. The number of hydrogen-bond acceptors (Lipinski definition) is 4. The van der Waals surface area contributed by atoms with Crippen molar-refractivity contribution in [3.8, 4) is 17.3 Å². The maximum absolute atomic E-state index is 13.8. The molecule has 0 N–H and O–H groups in total. The Kier molecular flexibility index (Phi) is 7.58. The van der Waals surface area contributed by atoms with Crippen molar-refractivity contribution in [3.05, 3.63) is 106 Å². The molecule has 0 saturated carbocycles. The molecule has 0 spiro atoms. The molecular formula is C30H30ClN3O3. The van der Waals surface area contributed by atoms with E-state index in [4.69, 9.17) is 26.2 Å². The summed E-state index contributed by atoms with van der Waals surface area (Å²) in [6.07, 6.45) is 1.89. The second-order valence-corrected chi connectivity index (χ2v) is 9.74. The van der Waals surface area contributed by atoms with Crippen molar-refractivity contribution in [1.82, 2.24) is 14.7 Å². The molecule has 0 aliphatic carbocycles. The molecule has 0 bridgehead atoms. The minimum absolute atomic E-state index is 0.0166. The first-order valence-corrected chi connectivity index (χ1v) is 12.9. The van der Waals surface area contributed by atoms with E-state index in [1.54, 1.807) is 21.7 Å². The van der Waals surface area contributed by atoms with Crippen LogP contribution in [0.25, 0.3) is 5.69 Å². The number of nitrogens with zero attached hydrogens (tertiary/aromatic N) is 3. The van der Waals surface area contributed by atoms with Crippen LogP contribution in [0.2, 0.25) is 5.02 Å². The second kappa shape index (κ2) is 11.2. The van der Waals surface area contributed by atoms with Gasteiger partial charge in [-0.25, -0.2) is 4.68 Å². The summed E-state index contributed by atoms with van der Waals surface area (Å²) in [5.74, 6) is 1.15. The third-order valence-electron chi connectivity index (χ3n) is 6.53. The molecule has 2 heterocycles. The van der Waals surface area contributed by atoms with Gasteiger partial charge in [-0.1, -0.05) is 54.1 Å². The minimum atomic E-state index is -0.144. The molecule has 0 unspecified atom stereocenters. The van der Waals surface area contributed by atoms with Crippen LogP contribution < -0.4 is 4.74 Å². The molecule has 1 amide bonds. The summed E-state index contributed by atoms with van der Waals surface area (Å²) in [7, 11) is 0. The highest BCUT2D eigenvalue weighted by Gasteiger charge is 2.28. The maximum Gasteiger partial charge on any atom is 0.255 e. The number of carbonyl (C=O) groups excluding carboxylic acids is 1. The summed E-state index contributed by atoms with van der Waals surface area (Å²) in [6, 6.07) is 24.9. The van der Waals surface area contributed by atoms with Gasteiger partial charge in [-0.05, 0) is 68.7 Å². The van der Waals surface area contributed by atoms with E-state index in [0.29, 0.717) is 41.9 Å². The van der Waals surface area contributed by atoms with Gasteiger partial charge in [0.05, 0.1) is 40.2 Å². The van der Waals surface area contributed by atoms with Crippen molar-refractivity contribution in [1.29, 1.82) is 0 Å². The van der Waals surface area contributed by atoms with Crippen molar-refractivity contribution in [2.45, 2.75) is 39.3 Å². The lowest BCUT2D eigenvalue weighted by Crippen LogP contribution is -2.37. The number of benzene rings is 3. The number of aryl methyl sites for hydroxylation is 2. The molecule has 1 atom stereocenters. The van der Waals surface area contributed by atoms with Gasteiger partial charge in [0, 0.05) is 13.2 Å². The van der Waals surface area contributed by atoms with E-state index >= 15 is 0 Å². The highest BCUT2D eigenvalue weighted by atomic mass is 35.5. The number of amides is 1. The number of rotatable bonds is 8. The van der Waals surface area contributed by atoms with Crippen LogP contribution in [-0.4, -0.2) is 39.8 Å². The predicted molar refractivity (Wildman–Crippen MR) is 145 cm³/mol. The van der Waals surface area contributed by atoms with Gasteiger partial charge >= 0.3 is 0 Å². The molecule has 1 fully saturated rings. The molecule has 1 aromatic heterocycles. The number of halogens is 1.